The number of rotatable bonds is 1. The van der Waals surface area contributed by atoms with Crippen molar-refractivity contribution in [2.24, 2.45) is 0 Å². The molecular formula is C10H12FNO2. The van der Waals surface area contributed by atoms with Gasteiger partial charge in [0.25, 0.3) is 0 Å². The average molecular weight is 197 g/mol. The Labute approximate surface area is 81.5 Å². The van der Waals surface area contributed by atoms with Gasteiger partial charge >= 0.3 is 0 Å². The van der Waals surface area contributed by atoms with Crippen LogP contribution in [0.15, 0.2) is 18.5 Å². The quantitative estimate of drug-likeness (QED) is 0.740. The second-order valence-electron chi connectivity index (χ2n) is 3.43. The van der Waals surface area contributed by atoms with Gasteiger partial charge < -0.3 is 9.84 Å². The van der Waals surface area contributed by atoms with Gasteiger partial charge in [0.15, 0.2) is 0 Å². The second-order valence-corrected chi connectivity index (χ2v) is 3.43. The molecule has 1 aromatic rings. The van der Waals surface area contributed by atoms with E-state index in [9.17, 15) is 9.50 Å². The van der Waals surface area contributed by atoms with Crippen LogP contribution in [0, 0.1) is 5.82 Å². The Morgan fingerprint density at radius 3 is 3.14 bits per heavy atom. The van der Waals surface area contributed by atoms with E-state index in [1.54, 1.807) is 6.07 Å². The zero-order valence-corrected chi connectivity index (χ0v) is 7.69. The van der Waals surface area contributed by atoms with Crippen molar-refractivity contribution in [1.82, 2.24) is 4.98 Å². The number of ether oxygens (including phenoxy) is 1. The molecule has 2 rings (SSSR count). The first kappa shape index (κ1) is 9.55. The Morgan fingerprint density at radius 2 is 2.43 bits per heavy atom. The van der Waals surface area contributed by atoms with Gasteiger partial charge in [-0.2, -0.15) is 0 Å². The summed E-state index contributed by atoms with van der Waals surface area (Å²) in [5.41, 5.74) is 0.485. The Hall–Kier alpha value is -1.00. The standard InChI is InChI=1S/C10H12FNO2/c11-9-6-12-3-1-8(9)10-5-7(13)2-4-14-10/h1,3,6-7,10,13H,2,4-5H2. The minimum Gasteiger partial charge on any atom is -0.393 e. The molecule has 2 unspecified atom stereocenters. The summed E-state index contributed by atoms with van der Waals surface area (Å²) in [6, 6.07) is 1.60. The SMILES string of the molecule is OC1CCOC(c2ccncc2F)C1. The molecule has 2 atom stereocenters. The maximum atomic E-state index is 13.3. The van der Waals surface area contributed by atoms with Crippen molar-refractivity contribution in [3.63, 3.8) is 0 Å². The summed E-state index contributed by atoms with van der Waals surface area (Å²) in [5.74, 6) is -0.369. The lowest BCUT2D eigenvalue weighted by molar-refractivity contribution is -0.0461. The van der Waals surface area contributed by atoms with Gasteiger partial charge in [-0.15, -0.1) is 0 Å². The van der Waals surface area contributed by atoms with E-state index in [-0.39, 0.29) is 18.0 Å². The van der Waals surface area contributed by atoms with Crippen molar-refractivity contribution in [3.8, 4) is 0 Å². The summed E-state index contributed by atoms with van der Waals surface area (Å²) in [6.07, 6.45) is 3.06. The Morgan fingerprint density at radius 1 is 1.57 bits per heavy atom. The Kier molecular flexibility index (Phi) is 2.74. The van der Waals surface area contributed by atoms with Crippen LogP contribution in [0.3, 0.4) is 0 Å². The van der Waals surface area contributed by atoms with Crippen LogP contribution in [0.4, 0.5) is 4.39 Å². The fraction of sp³-hybridized carbons (Fsp3) is 0.500. The molecule has 1 saturated heterocycles. The predicted molar refractivity (Wildman–Crippen MR) is 48.1 cm³/mol. The summed E-state index contributed by atoms with van der Waals surface area (Å²) in [6.45, 7) is 0.480. The van der Waals surface area contributed by atoms with Crippen LogP contribution in [0.2, 0.25) is 0 Å². The largest absolute Gasteiger partial charge is 0.393 e. The van der Waals surface area contributed by atoms with Crippen LogP contribution in [0.1, 0.15) is 24.5 Å². The number of hydrogen-bond donors (Lipinski definition) is 1. The van der Waals surface area contributed by atoms with Crippen LogP contribution in [0.5, 0.6) is 0 Å². The van der Waals surface area contributed by atoms with Crippen LogP contribution in [-0.4, -0.2) is 22.8 Å². The normalized spacial score (nSPS) is 27.6. The second kappa shape index (κ2) is 4.02. The fourth-order valence-electron chi connectivity index (χ4n) is 1.64. The summed E-state index contributed by atoms with van der Waals surface area (Å²) in [4.78, 5) is 3.67. The topological polar surface area (TPSA) is 42.4 Å². The first-order chi connectivity index (χ1) is 6.77. The summed E-state index contributed by atoms with van der Waals surface area (Å²) >= 11 is 0. The molecule has 1 aromatic heterocycles. The molecule has 1 fully saturated rings. The van der Waals surface area contributed by atoms with Gasteiger partial charge in [-0.3, -0.25) is 4.98 Å². The smallest absolute Gasteiger partial charge is 0.147 e. The average Bonchev–Trinajstić information content (AvgIpc) is 2.18. The third kappa shape index (κ3) is 1.91. The number of aromatic nitrogens is 1. The molecule has 0 radical (unpaired) electrons. The zero-order chi connectivity index (χ0) is 9.97. The summed E-state index contributed by atoms with van der Waals surface area (Å²) in [7, 11) is 0. The van der Waals surface area contributed by atoms with Gasteiger partial charge in [0.2, 0.25) is 0 Å². The van der Waals surface area contributed by atoms with Gasteiger partial charge in [0.1, 0.15) is 5.82 Å². The molecule has 0 saturated carbocycles. The number of halogens is 1. The lowest BCUT2D eigenvalue weighted by Crippen LogP contribution is -2.24. The van der Waals surface area contributed by atoms with Crippen molar-refractivity contribution >= 4 is 0 Å². The molecule has 3 nitrogen and oxygen atoms in total. The first-order valence-electron chi connectivity index (χ1n) is 4.66. The third-order valence-electron chi connectivity index (χ3n) is 2.41. The molecule has 1 aliphatic heterocycles. The zero-order valence-electron chi connectivity index (χ0n) is 7.69. The highest BCUT2D eigenvalue weighted by atomic mass is 19.1. The van der Waals surface area contributed by atoms with Crippen LogP contribution < -0.4 is 0 Å². The molecule has 14 heavy (non-hydrogen) atoms. The van der Waals surface area contributed by atoms with E-state index in [0.717, 1.165) is 0 Å². The minimum atomic E-state index is -0.388. The lowest BCUT2D eigenvalue weighted by Gasteiger charge is -2.26. The van der Waals surface area contributed by atoms with Crippen molar-refractivity contribution in [3.05, 3.63) is 29.8 Å². The molecule has 0 amide bonds. The monoisotopic (exact) mass is 197 g/mol. The van der Waals surface area contributed by atoms with Gasteiger partial charge in [-0.1, -0.05) is 0 Å². The van der Waals surface area contributed by atoms with Crippen molar-refractivity contribution in [2.75, 3.05) is 6.61 Å². The summed E-state index contributed by atoms with van der Waals surface area (Å²) in [5, 5.41) is 9.41. The van der Waals surface area contributed by atoms with Gasteiger partial charge in [0, 0.05) is 24.8 Å². The molecular weight excluding hydrogens is 185 g/mol. The maximum Gasteiger partial charge on any atom is 0.147 e. The van der Waals surface area contributed by atoms with E-state index in [1.165, 1.54) is 12.4 Å². The number of aliphatic hydroxyl groups excluding tert-OH is 1. The van der Waals surface area contributed by atoms with Gasteiger partial charge in [-0.05, 0) is 12.5 Å². The lowest BCUT2D eigenvalue weighted by atomic mass is 10.00. The highest BCUT2D eigenvalue weighted by molar-refractivity contribution is 5.16. The molecule has 1 aliphatic rings. The summed E-state index contributed by atoms with van der Waals surface area (Å²) < 4.78 is 18.7. The Bertz CT molecular complexity index is 319. The number of hydrogen-bond acceptors (Lipinski definition) is 3. The molecule has 0 aromatic carbocycles. The van der Waals surface area contributed by atoms with E-state index < -0.39 is 0 Å². The third-order valence-corrected chi connectivity index (χ3v) is 2.41. The van der Waals surface area contributed by atoms with Crippen molar-refractivity contribution < 1.29 is 14.2 Å². The number of aliphatic hydroxyl groups is 1. The minimum absolute atomic E-state index is 0.332. The van der Waals surface area contributed by atoms with E-state index >= 15 is 0 Å². The van der Waals surface area contributed by atoms with E-state index in [1.807, 2.05) is 0 Å². The predicted octanol–water partition coefficient (Wildman–Crippen LogP) is 1.43. The first-order valence-corrected chi connectivity index (χ1v) is 4.66. The molecule has 0 aliphatic carbocycles. The van der Waals surface area contributed by atoms with Crippen molar-refractivity contribution in [2.45, 2.75) is 25.0 Å². The molecule has 4 heteroatoms. The van der Waals surface area contributed by atoms with Crippen LogP contribution in [0.25, 0.3) is 0 Å². The molecule has 1 N–H and O–H groups in total. The van der Waals surface area contributed by atoms with Gasteiger partial charge in [0.05, 0.1) is 18.4 Å². The van der Waals surface area contributed by atoms with Gasteiger partial charge in [-0.25, -0.2) is 4.39 Å². The van der Waals surface area contributed by atoms with E-state index in [4.69, 9.17) is 4.74 Å². The van der Waals surface area contributed by atoms with E-state index in [0.29, 0.717) is 25.0 Å². The highest BCUT2D eigenvalue weighted by Gasteiger charge is 2.24. The maximum absolute atomic E-state index is 13.3. The molecule has 0 bridgehead atoms. The van der Waals surface area contributed by atoms with E-state index in [2.05, 4.69) is 4.98 Å². The number of nitrogens with zero attached hydrogens (tertiary/aromatic N) is 1. The van der Waals surface area contributed by atoms with Crippen LogP contribution >= 0.6 is 0 Å². The van der Waals surface area contributed by atoms with Crippen LogP contribution in [-0.2, 0) is 4.74 Å². The molecule has 2 heterocycles. The Balaban J connectivity index is 2.18. The number of pyridine rings is 1. The molecule has 76 valence electrons. The van der Waals surface area contributed by atoms with Crippen molar-refractivity contribution in [1.29, 1.82) is 0 Å². The highest BCUT2D eigenvalue weighted by Crippen LogP contribution is 2.29. The fourth-order valence-corrected chi connectivity index (χ4v) is 1.64. The molecule has 0 spiro atoms.